The minimum Gasteiger partial charge on any atom is -0.404 e. The normalized spacial score (nSPS) is 21.9. The summed E-state index contributed by atoms with van der Waals surface area (Å²) in [4.78, 5) is 15.1. The number of urea groups is 1. The minimum absolute atomic E-state index is 0.0186. The number of rotatable bonds is 6. The zero-order valence-electron chi connectivity index (χ0n) is 18.8. The maximum Gasteiger partial charge on any atom is 0.573 e. The first-order valence-corrected chi connectivity index (χ1v) is 12.1. The molecule has 2 amide bonds. The quantitative estimate of drug-likeness (QED) is 0.499. The molecule has 2 atom stereocenters. The van der Waals surface area contributed by atoms with E-state index in [1.807, 2.05) is 12.1 Å². The average molecular weight is 496 g/mol. The van der Waals surface area contributed by atoms with E-state index in [0.29, 0.717) is 5.92 Å². The Bertz CT molecular complexity index is 963. The van der Waals surface area contributed by atoms with Gasteiger partial charge in [0.05, 0.1) is 5.69 Å². The molecule has 0 aromatic heterocycles. The molecule has 184 valence electrons. The molecule has 2 aromatic rings. The second-order valence-corrected chi connectivity index (χ2v) is 9.49. The number of ether oxygens (including phenoxy) is 1. The van der Waals surface area contributed by atoms with E-state index in [4.69, 9.17) is 11.6 Å². The Morgan fingerprint density at radius 2 is 1.74 bits per heavy atom. The summed E-state index contributed by atoms with van der Waals surface area (Å²) < 4.78 is 42.0. The number of benzene rings is 2. The fourth-order valence-corrected chi connectivity index (χ4v) is 5.22. The van der Waals surface area contributed by atoms with E-state index in [-0.39, 0.29) is 17.8 Å². The molecule has 1 saturated carbocycles. The number of anilines is 1. The Balaban J connectivity index is 1.29. The summed E-state index contributed by atoms with van der Waals surface area (Å²) in [5.41, 5.74) is 1.28. The number of carbonyl (C=O) groups is 1. The topological polar surface area (TPSA) is 53.6 Å². The first-order chi connectivity index (χ1) is 16.3. The summed E-state index contributed by atoms with van der Waals surface area (Å²) >= 11 is 5.98. The Kier molecular flexibility index (Phi) is 7.88. The number of piperidine rings is 1. The lowest BCUT2D eigenvalue weighted by atomic mass is 9.89. The van der Waals surface area contributed by atoms with Gasteiger partial charge in [-0.3, -0.25) is 4.90 Å². The lowest BCUT2D eigenvalue weighted by molar-refractivity contribution is -0.274. The molecule has 0 spiro atoms. The van der Waals surface area contributed by atoms with Crippen LogP contribution < -0.4 is 15.4 Å². The van der Waals surface area contributed by atoms with Crippen molar-refractivity contribution in [3.05, 3.63) is 59.1 Å². The molecule has 1 aliphatic carbocycles. The van der Waals surface area contributed by atoms with Gasteiger partial charge >= 0.3 is 12.4 Å². The van der Waals surface area contributed by atoms with E-state index in [2.05, 4.69) is 32.4 Å². The van der Waals surface area contributed by atoms with E-state index in [9.17, 15) is 18.0 Å². The predicted molar refractivity (Wildman–Crippen MR) is 126 cm³/mol. The number of carbonyl (C=O) groups excluding carboxylic acids is 1. The number of hydrogen-bond donors (Lipinski definition) is 2. The van der Waals surface area contributed by atoms with Gasteiger partial charge in [-0.2, -0.15) is 0 Å². The molecular weight excluding hydrogens is 467 g/mol. The van der Waals surface area contributed by atoms with Crippen molar-refractivity contribution in [2.24, 2.45) is 5.92 Å². The molecule has 2 fully saturated rings. The number of para-hydroxylation sites is 2. The van der Waals surface area contributed by atoms with Crippen LogP contribution in [0.3, 0.4) is 0 Å². The van der Waals surface area contributed by atoms with E-state index < -0.39 is 18.1 Å². The maximum atomic E-state index is 12.6. The van der Waals surface area contributed by atoms with Crippen LogP contribution in [0.4, 0.5) is 23.7 Å². The Hall–Kier alpha value is -2.45. The van der Waals surface area contributed by atoms with Crippen molar-refractivity contribution in [1.82, 2.24) is 10.2 Å². The van der Waals surface area contributed by atoms with E-state index in [1.165, 1.54) is 23.8 Å². The highest BCUT2D eigenvalue weighted by Gasteiger charge is 2.35. The Labute approximate surface area is 202 Å². The second kappa shape index (κ2) is 10.9. The van der Waals surface area contributed by atoms with Crippen LogP contribution in [-0.2, 0) is 6.42 Å². The van der Waals surface area contributed by atoms with Crippen molar-refractivity contribution < 1.29 is 22.7 Å². The van der Waals surface area contributed by atoms with Gasteiger partial charge in [0.15, 0.2) is 5.75 Å². The monoisotopic (exact) mass is 495 g/mol. The minimum atomic E-state index is -4.83. The highest BCUT2D eigenvalue weighted by atomic mass is 35.5. The summed E-state index contributed by atoms with van der Waals surface area (Å²) in [5.74, 6) is 0.189. The van der Waals surface area contributed by atoms with Crippen LogP contribution in [0.15, 0.2) is 48.5 Å². The molecule has 34 heavy (non-hydrogen) atoms. The summed E-state index contributed by atoms with van der Waals surface area (Å²) in [7, 11) is 0. The molecule has 1 aliphatic heterocycles. The van der Waals surface area contributed by atoms with Crippen LogP contribution >= 0.6 is 11.6 Å². The number of alkyl halides is 3. The van der Waals surface area contributed by atoms with Crippen LogP contribution in [0.2, 0.25) is 5.02 Å². The predicted octanol–water partition coefficient (Wildman–Crippen LogP) is 6.24. The van der Waals surface area contributed by atoms with Crippen molar-refractivity contribution in [3.63, 3.8) is 0 Å². The molecule has 2 aliphatic rings. The Morgan fingerprint density at radius 1 is 1.03 bits per heavy atom. The molecular formula is C25H29ClF3N3O2. The SMILES string of the molecule is O=C(Nc1ccccc1OC(F)(F)F)NC1CCCC1N1CCC(Cc2ccc(Cl)cc2)CC1. The lowest BCUT2D eigenvalue weighted by Gasteiger charge is -2.38. The molecule has 0 radical (unpaired) electrons. The Morgan fingerprint density at radius 3 is 2.44 bits per heavy atom. The molecule has 1 saturated heterocycles. The molecule has 9 heteroatoms. The van der Waals surface area contributed by atoms with Crippen molar-refractivity contribution in [2.45, 2.75) is 57.0 Å². The second-order valence-electron chi connectivity index (χ2n) is 9.06. The van der Waals surface area contributed by atoms with Gasteiger partial charge in [-0.25, -0.2) is 4.79 Å². The molecule has 5 nitrogen and oxygen atoms in total. The van der Waals surface area contributed by atoms with E-state index in [1.54, 1.807) is 6.07 Å². The number of hydrogen-bond acceptors (Lipinski definition) is 3. The van der Waals surface area contributed by atoms with Crippen LogP contribution in [0.5, 0.6) is 5.75 Å². The zero-order chi connectivity index (χ0) is 24.1. The molecule has 4 rings (SSSR count). The van der Waals surface area contributed by atoms with Crippen molar-refractivity contribution in [2.75, 3.05) is 18.4 Å². The van der Waals surface area contributed by atoms with Crippen molar-refractivity contribution >= 4 is 23.3 Å². The standard InChI is InChI=1S/C25H29ClF3N3O2/c26-19-10-8-17(9-11-19)16-18-12-14-32(15-13-18)22-6-3-5-20(22)30-24(33)31-21-4-1-2-7-23(21)34-25(27,28)29/h1-2,4,7-11,18,20,22H,3,5-6,12-16H2,(H2,30,31,33). The average Bonchev–Trinajstić information content (AvgIpc) is 3.24. The smallest absolute Gasteiger partial charge is 0.404 e. The van der Waals surface area contributed by atoms with E-state index in [0.717, 1.165) is 56.6 Å². The van der Waals surface area contributed by atoms with Gasteiger partial charge in [0.25, 0.3) is 0 Å². The summed E-state index contributed by atoms with van der Waals surface area (Å²) in [6.07, 6.45) is 1.27. The van der Waals surface area contributed by atoms with Gasteiger partial charge in [0.1, 0.15) is 0 Å². The highest BCUT2D eigenvalue weighted by molar-refractivity contribution is 6.30. The largest absolute Gasteiger partial charge is 0.573 e. The maximum absolute atomic E-state index is 12.6. The summed E-state index contributed by atoms with van der Waals surface area (Å²) in [6.45, 7) is 1.95. The van der Waals surface area contributed by atoms with Gasteiger partial charge in [0, 0.05) is 17.1 Å². The van der Waals surface area contributed by atoms with Gasteiger partial charge in [-0.05, 0) is 87.4 Å². The third-order valence-corrected chi connectivity index (χ3v) is 6.96. The van der Waals surface area contributed by atoms with E-state index >= 15 is 0 Å². The molecule has 2 N–H and O–H groups in total. The third-order valence-electron chi connectivity index (χ3n) is 6.71. The first-order valence-electron chi connectivity index (χ1n) is 11.7. The van der Waals surface area contributed by atoms with Crippen LogP contribution in [0.1, 0.15) is 37.7 Å². The van der Waals surface area contributed by atoms with Gasteiger partial charge in [-0.15, -0.1) is 13.2 Å². The third kappa shape index (κ3) is 6.79. The van der Waals surface area contributed by atoms with Crippen LogP contribution in [0.25, 0.3) is 0 Å². The number of nitrogens with one attached hydrogen (secondary N) is 2. The fraction of sp³-hybridized carbons (Fsp3) is 0.480. The lowest BCUT2D eigenvalue weighted by Crippen LogP contribution is -2.52. The number of halogens is 4. The highest BCUT2D eigenvalue weighted by Crippen LogP contribution is 2.32. The molecule has 0 bridgehead atoms. The van der Waals surface area contributed by atoms with Gasteiger partial charge in [0.2, 0.25) is 0 Å². The molecule has 2 unspecified atom stereocenters. The fourth-order valence-electron chi connectivity index (χ4n) is 5.10. The first kappa shape index (κ1) is 24.7. The number of nitrogens with zero attached hydrogens (tertiary/aromatic N) is 1. The van der Waals surface area contributed by atoms with Gasteiger partial charge < -0.3 is 15.4 Å². The number of likely N-dealkylation sites (tertiary alicyclic amines) is 1. The van der Waals surface area contributed by atoms with Crippen LogP contribution in [-0.4, -0.2) is 42.5 Å². The molecule has 2 aromatic carbocycles. The summed E-state index contributed by atoms with van der Waals surface area (Å²) in [5, 5.41) is 6.25. The molecule has 1 heterocycles. The zero-order valence-corrected chi connectivity index (χ0v) is 19.5. The van der Waals surface area contributed by atoms with Crippen molar-refractivity contribution in [1.29, 1.82) is 0 Å². The van der Waals surface area contributed by atoms with Gasteiger partial charge in [-0.1, -0.05) is 35.9 Å². The van der Waals surface area contributed by atoms with Crippen LogP contribution in [0, 0.1) is 5.92 Å². The van der Waals surface area contributed by atoms with Crippen molar-refractivity contribution in [3.8, 4) is 5.75 Å². The number of amides is 2. The summed E-state index contributed by atoms with van der Waals surface area (Å²) in [6, 6.07) is 13.2.